The number of carbonyl (C=O) groups is 1. The summed E-state index contributed by atoms with van der Waals surface area (Å²) in [4.78, 5) is 12.0. The van der Waals surface area contributed by atoms with Gasteiger partial charge >= 0.3 is 6.18 Å². The smallest absolute Gasteiger partial charge is 0.364 e. The van der Waals surface area contributed by atoms with E-state index in [1.165, 1.54) is 0 Å². The third kappa shape index (κ3) is 3.85. The summed E-state index contributed by atoms with van der Waals surface area (Å²) in [6.45, 7) is 0.364. The van der Waals surface area contributed by atoms with Crippen molar-refractivity contribution in [2.75, 3.05) is 6.54 Å². The van der Waals surface area contributed by atoms with Crippen LogP contribution in [0, 0.1) is 5.92 Å². The van der Waals surface area contributed by atoms with Gasteiger partial charge in [0.15, 0.2) is 0 Å². The summed E-state index contributed by atoms with van der Waals surface area (Å²) >= 11 is 0. The summed E-state index contributed by atoms with van der Waals surface area (Å²) in [5, 5.41) is 2.70. The van der Waals surface area contributed by atoms with Crippen LogP contribution in [0.5, 0.6) is 0 Å². The molecule has 2 unspecified atom stereocenters. The van der Waals surface area contributed by atoms with Crippen molar-refractivity contribution in [3.63, 3.8) is 0 Å². The fraction of sp³-hybridized carbons (Fsp3) is 0.923. The minimum Gasteiger partial charge on any atom is -0.364 e. The van der Waals surface area contributed by atoms with Gasteiger partial charge in [-0.15, -0.1) is 0 Å². The molecule has 7 heteroatoms. The number of ether oxygens (including phenoxy) is 1. The van der Waals surface area contributed by atoms with Crippen LogP contribution in [0.2, 0.25) is 0 Å². The van der Waals surface area contributed by atoms with Gasteiger partial charge < -0.3 is 15.8 Å². The van der Waals surface area contributed by atoms with Gasteiger partial charge in [-0.2, -0.15) is 13.2 Å². The van der Waals surface area contributed by atoms with Crippen LogP contribution < -0.4 is 11.1 Å². The molecule has 2 fully saturated rings. The molecule has 0 bridgehead atoms. The highest BCUT2D eigenvalue weighted by Crippen LogP contribution is 2.37. The zero-order valence-electron chi connectivity index (χ0n) is 11.3. The largest absolute Gasteiger partial charge is 0.391 e. The molecule has 0 aromatic rings. The van der Waals surface area contributed by atoms with Gasteiger partial charge in [0.2, 0.25) is 5.91 Å². The average molecular weight is 294 g/mol. The number of nitrogens with two attached hydrogens (primary N) is 1. The lowest BCUT2D eigenvalue weighted by Crippen LogP contribution is -2.45. The Hall–Kier alpha value is -0.820. The molecule has 0 spiro atoms. The van der Waals surface area contributed by atoms with E-state index in [0.29, 0.717) is 25.8 Å². The van der Waals surface area contributed by atoms with Gasteiger partial charge in [0.05, 0.1) is 12.0 Å². The Balaban J connectivity index is 1.82. The molecule has 1 aliphatic heterocycles. The Labute approximate surface area is 116 Å². The first-order valence-electron chi connectivity index (χ1n) is 7.12. The number of hydrogen-bond acceptors (Lipinski definition) is 3. The van der Waals surface area contributed by atoms with E-state index in [1.807, 2.05) is 0 Å². The molecule has 1 amide bonds. The Morgan fingerprint density at radius 3 is 2.60 bits per heavy atom. The first kappa shape index (κ1) is 15.6. The SMILES string of the molecule is NC[C@H]1CC[C@@H](C(=O)NC2CCCC(C(F)(F)F)C2)O1. The van der Waals surface area contributed by atoms with Crippen LogP contribution >= 0.6 is 0 Å². The molecule has 1 saturated heterocycles. The summed E-state index contributed by atoms with van der Waals surface area (Å²) in [5.74, 6) is -1.60. The second-order valence-electron chi connectivity index (χ2n) is 5.67. The second-order valence-corrected chi connectivity index (χ2v) is 5.67. The highest BCUT2D eigenvalue weighted by Gasteiger charge is 2.43. The van der Waals surface area contributed by atoms with E-state index >= 15 is 0 Å². The van der Waals surface area contributed by atoms with E-state index in [-0.39, 0.29) is 24.9 Å². The highest BCUT2D eigenvalue weighted by atomic mass is 19.4. The van der Waals surface area contributed by atoms with Crippen molar-refractivity contribution in [2.24, 2.45) is 11.7 Å². The Kier molecular flexibility index (Phi) is 4.90. The molecule has 1 saturated carbocycles. The van der Waals surface area contributed by atoms with E-state index in [0.717, 1.165) is 6.42 Å². The number of nitrogens with one attached hydrogen (secondary N) is 1. The molecule has 20 heavy (non-hydrogen) atoms. The maximum atomic E-state index is 12.7. The lowest BCUT2D eigenvalue weighted by atomic mass is 9.85. The van der Waals surface area contributed by atoms with Gasteiger partial charge in [0.25, 0.3) is 0 Å². The van der Waals surface area contributed by atoms with E-state index in [4.69, 9.17) is 10.5 Å². The molecule has 3 N–H and O–H groups in total. The van der Waals surface area contributed by atoms with Crippen LogP contribution in [0.25, 0.3) is 0 Å². The van der Waals surface area contributed by atoms with Crippen LogP contribution in [0.4, 0.5) is 13.2 Å². The fourth-order valence-corrected chi connectivity index (χ4v) is 2.98. The minimum atomic E-state index is -4.17. The molecular weight excluding hydrogens is 273 g/mol. The molecule has 1 heterocycles. The number of rotatable bonds is 3. The molecule has 116 valence electrons. The average Bonchev–Trinajstić information content (AvgIpc) is 2.87. The van der Waals surface area contributed by atoms with Crippen molar-refractivity contribution in [1.29, 1.82) is 0 Å². The first-order valence-corrected chi connectivity index (χ1v) is 7.12. The van der Waals surface area contributed by atoms with Gasteiger partial charge in [0.1, 0.15) is 6.10 Å². The van der Waals surface area contributed by atoms with E-state index < -0.39 is 24.2 Å². The fourth-order valence-electron chi connectivity index (χ4n) is 2.98. The minimum absolute atomic E-state index is 0.0255. The Bertz CT molecular complexity index is 349. The molecule has 4 nitrogen and oxygen atoms in total. The van der Waals surface area contributed by atoms with E-state index in [2.05, 4.69) is 5.32 Å². The van der Waals surface area contributed by atoms with E-state index in [1.54, 1.807) is 0 Å². The number of amides is 1. The molecule has 0 aromatic carbocycles. The van der Waals surface area contributed by atoms with Gasteiger partial charge in [-0.1, -0.05) is 6.42 Å². The second kappa shape index (κ2) is 6.30. The van der Waals surface area contributed by atoms with Gasteiger partial charge in [-0.3, -0.25) is 4.79 Å². The van der Waals surface area contributed by atoms with Gasteiger partial charge in [0, 0.05) is 12.6 Å². The number of halogens is 3. The van der Waals surface area contributed by atoms with Gasteiger partial charge in [-0.05, 0) is 32.1 Å². The van der Waals surface area contributed by atoms with Gasteiger partial charge in [-0.25, -0.2) is 0 Å². The first-order chi connectivity index (χ1) is 9.40. The quantitative estimate of drug-likeness (QED) is 0.833. The van der Waals surface area contributed by atoms with Crippen LogP contribution in [-0.4, -0.2) is 36.9 Å². The van der Waals surface area contributed by atoms with Crippen molar-refractivity contribution in [1.82, 2.24) is 5.32 Å². The molecular formula is C13H21F3N2O2. The Morgan fingerprint density at radius 1 is 1.25 bits per heavy atom. The normalized spacial score (nSPS) is 35.0. The highest BCUT2D eigenvalue weighted by molar-refractivity contribution is 5.81. The summed E-state index contributed by atoms with van der Waals surface area (Å²) in [6.07, 6.45) is -2.30. The predicted molar refractivity (Wildman–Crippen MR) is 66.9 cm³/mol. The summed E-state index contributed by atoms with van der Waals surface area (Å²) in [5.41, 5.74) is 5.46. The van der Waals surface area contributed by atoms with Crippen LogP contribution in [0.3, 0.4) is 0 Å². The standard InChI is InChI=1S/C13H21F3N2O2/c14-13(15,16)8-2-1-3-9(6-8)18-12(19)11-5-4-10(7-17)20-11/h8-11H,1-7,17H2,(H,18,19)/t8?,9?,10-,11+/m1/s1. The number of alkyl halides is 3. The zero-order valence-corrected chi connectivity index (χ0v) is 11.3. The molecule has 1 aliphatic carbocycles. The lowest BCUT2D eigenvalue weighted by Gasteiger charge is -2.31. The molecule has 2 rings (SSSR count). The third-order valence-corrected chi connectivity index (χ3v) is 4.15. The molecule has 0 aromatic heterocycles. The summed E-state index contributed by atoms with van der Waals surface area (Å²) in [7, 11) is 0. The monoisotopic (exact) mass is 294 g/mol. The topological polar surface area (TPSA) is 64.4 Å². The maximum Gasteiger partial charge on any atom is 0.391 e. The lowest BCUT2D eigenvalue weighted by molar-refractivity contribution is -0.184. The predicted octanol–water partition coefficient (Wildman–Crippen LogP) is 1.73. The number of hydrogen-bond donors (Lipinski definition) is 2. The Morgan fingerprint density at radius 2 is 2.00 bits per heavy atom. The van der Waals surface area contributed by atoms with Crippen molar-refractivity contribution in [2.45, 2.75) is 63.0 Å². The van der Waals surface area contributed by atoms with Crippen LogP contribution in [-0.2, 0) is 9.53 Å². The van der Waals surface area contributed by atoms with Crippen molar-refractivity contribution in [3.8, 4) is 0 Å². The van der Waals surface area contributed by atoms with E-state index in [9.17, 15) is 18.0 Å². The number of carbonyl (C=O) groups excluding carboxylic acids is 1. The molecule has 4 atom stereocenters. The molecule has 0 radical (unpaired) electrons. The zero-order chi connectivity index (χ0) is 14.8. The van der Waals surface area contributed by atoms with Crippen LogP contribution in [0.1, 0.15) is 38.5 Å². The molecule has 2 aliphatic rings. The maximum absolute atomic E-state index is 12.7. The van der Waals surface area contributed by atoms with Crippen molar-refractivity contribution in [3.05, 3.63) is 0 Å². The third-order valence-electron chi connectivity index (χ3n) is 4.15. The summed E-state index contributed by atoms with van der Waals surface area (Å²) in [6, 6.07) is -0.400. The summed E-state index contributed by atoms with van der Waals surface area (Å²) < 4.78 is 43.5. The van der Waals surface area contributed by atoms with Crippen molar-refractivity contribution >= 4 is 5.91 Å². The van der Waals surface area contributed by atoms with Crippen molar-refractivity contribution < 1.29 is 22.7 Å². The van der Waals surface area contributed by atoms with Crippen LogP contribution in [0.15, 0.2) is 0 Å².